The van der Waals surface area contributed by atoms with E-state index in [1.807, 2.05) is 48.1 Å². The Labute approximate surface area is 163 Å². The standard InChI is InChI=1S/C21H23N3O4/c1-24-12-11-22-21(24)20(15-7-9-16(26-2)10-8-15)23-19(25)14-28-18-6-4-5-17(13-18)27-3/h4-13,20H,14H2,1-3H3,(H,23,25). The summed E-state index contributed by atoms with van der Waals surface area (Å²) in [5, 5.41) is 2.99. The number of methoxy groups -OCH3 is 2. The number of carbonyl (C=O) groups excluding carboxylic acids is 1. The quantitative estimate of drug-likeness (QED) is 0.649. The Bertz CT molecular complexity index is 921. The van der Waals surface area contributed by atoms with Gasteiger partial charge in [0.1, 0.15) is 29.1 Å². The van der Waals surface area contributed by atoms with Crippen LogP contribution in [-0.4, -0.2) is 36.3 Å². The molecule has 2 aromatic carbocycles. The zero-order valence-electron chi connectivity index (χ0n) is 16.1. The lowest BCUT2D eigenvalue weighted by Gasteiger charge is -2.19. The molecule has 146 valence electrons. The molecule has 0 saturated heterocycles. The van der Waals surface area contributed by atoms with E-state index < -0.39 is 6.04 Å². The van der Waals surface area contributed by atoms with Crippen LogP contribution in [0.5, 0.6) is 17.2 Å². The molecule has 0 radical (unpaired) electrons. The molecule has 0 fully saturated rings. The summed E-state index contributed by atoms with van der Waals surface area (Å²) in [5.41, 5.74) is 0.893. The Balaban J connectivity index is 1.73. The van der Waals surface area contributed by atoms with E-state index in [1.165, 1.54) is 0 Å². The number of aromatic nitrogens is 2. The minimum atomic E-state index is -0.410. The second-order valence-electron chi connectivity index (χ2n) is 6.14. The third-order valence-electron chi connectivity index (χ3n) is 4.28. The summed E-state index contributed by atoms with van der Waals surface area (Å²) >= 11 is 0. The fourth-order valence-corrected chi connectivity index (χ4v) is 2.79. The lowest BCUT2D eigenvalue weighted by molar-refractivity contribution is -0.123. The summed E-state index contributed by atoms with van der Waals surface area (Å²) in [4.78, 5) is 16.9. The fourth-order valence-electron chi connectivity index (χ4n) is 2.79. The molecule has 28 heavy (non-hydrogen) atoms. The molecule has 1 heterocycles. The smallest absolute Gasteiger partial charge is 0.258 e. The third-order valence-corrected chi connectivity index (χ3v) is 4.28. The van der Waals surface area contributed by atoms with Crippen molar-refractivity contribution in [3.8, 4) is 17.2 Å². The molecule has 1 N–H and O–H groups in total. The molecule has 0 saturated carbocycles. The first-order valence-electron chi connectivity index (χ1n) is 8.78. The molecule has 0 aliphatic rings. The maximum Gasteiger partial charge on any atom is 0.258 e. The van der Waals surface area contributed by atoms with Crippen LogP contribution < -0.4 is 19.5 Å². The van der Waals surface area contributed by atoms with Crippen LogP contribution in [0, 0.1) is 0 Å². The van der Waals surface area contributed by atoms with Crippen molar-refractivity contribution in [2.45, 2.75) is 6.04 Å². The van der Waals surface area contributed by atoms with Crippen molar-refractivity contribution in [3.63, 3.8) is 0 Å². The number of nitrogens with zero attached hydrogens (tertiary/aromatic N) is 2. The highest BCUT2D eigenvalue weighted by atomic mass is 16.5. The Morgan fingerprint density at radius 3 is 2.43 bits per heavy atom. The van der Waals surface area contributed by atoms with Gasteiger partial charge < -0.3 is 24.1 Å². The fraction of sp³-hybridized carbons (Fsp3) is 0.238. The van der Waals surface area contributed by atoms with Gasteiger partial charge in [-0.15, -0.1) is 0 Å². The van der Waals surface area contributed by atoms with Gasteiger partial charge in [-0.2, -0.15) is 0 Å². The number of hydrogen-bond donors (Lipinski definition) is 1. The van der Waals surface area contributed by atoms with Crippen LogP contribution in [-0.2, 0) is 11.8 Å². The highest BCUT2D eigenvalue weighted by Gasteiger charge is 2.21. The van der Waals surface area contributed by atoms with Gasteiger partial charge in [0, 0.05) is 25.5 Å². The lowest BCUT2D eigenvalue weighted by Crippen LogP contribution is -2.34. The minimum absolute atomic E-state index is 0.121. The first-order chi connectivity index (χ1) is 13.6. The van der Waals surface area contributed by atoms with E-state index in [0.29, 0.717) is 11.5 Å². The van der Waals surface area contributed by atoms with E-state index in [0.717, 1.165) is 17.1 Å². The lowest BCUT2D eigenvalue weighted by atomic mass is 10.1. The first kappa shape index (κ1) is 19.3. The van der Waals surface area contributed by atoms with Gasteiger partial charge in [0.2, 0.25) is 0 Å². The van der Waals surface area contributed by atoms with E-state index >= 15 is 0 Å². The summed E-state index contributed by atoms with van der Waals surface area (Å²) in [6.07, 6.45) is 3.54. The number of benzene rings is 2. The number of hydrogen-bond acceptors (Lipinski definition) is 5. The minimum Gasteiger partial charge on any atom is -0.497 e. The molecule has 7 nitrogen and oxygen atoms in total. The van der Waals surface area contributed by atoms with E-state index in [4.69, 9.17) is 14.2 Å². The van der Waals surface area contributed by atoms with Crippen LogP contribution in [0.15, 0.2) is 60.9 Å². The normalized spacial score (nSPS) is 11.5. The monoisotopic (exact) mass is 381 g/mol. The zero-order chi connectivity index (χ0) is 19.9. The van der Waals surface area contributed by atoms with Crippen LogP contribution in [0.25, 0.3) is 0 Å². The number of nitrogens with one attached hydrogen (secondary N) is 1. The molecule has 0 spiro atoms. The van der Waals surface area contributed by atoms with Gasteiger partial charge in [-0.25, -0.2) is 4.98 Å². The molecule has 1 amide bonds. The van der Waals surface area contributed by atoms with Crippen molar-refractivity contribution in [3.05, 3.63) is 72.3 Å². The topological polar surface area (TPSA) is 74.6 Å². The third kappa shape index (κ3) is 4.62. The second-order valence-corrected chi connectivity index (χ2v) is 6.14. The van der Waals surface area contributed by atoms with Crippen molar-refractivity contribution >= 4 is 5.91 Å². The van der Waals surface area contributed by atoms with Crippen molar-refractivity contribution in [1.29, 1.82) is 0 Å². The maximum absolute atomic E-state index is 12.6. The van der Waals surface area contributed by atoms with Crippen LogP contribution >= 0.6 is 0 Å². The van der Waals surface area contributed by atoms with Crippen molar-refractivity contribution < 1.29 is 19.0 Å². The van der Waals surface area contributed by atoms with E-state index in [9.17, 15) is 4.79 Å². The van der Waals surface area contributed by atoms with E-state index in [-0.39, 0.29) is 12.5 Å². The van der Waals surface area contributed by atoms with Crippen LogP contribution in [0.1, 0.15) is 17.4 Å². The molecule has 0 aliphatic carbocycles. The molecule has 0 bridgehead atoms. The van der Waals surface area contributed by atoms with Gasteiger partial charge in [-0.3, -0.25) is 4.79 Å². The molecular formula is C21H23N3O4. The molecule has 1 unspecified atom stereocenters. The van der Waals surface area contributed by atoms with Gasteiger partial charge in [0.05, 0.1) is 14.2 Å². The van der Waals surface area contributed by atoms with Crippen LogP contribution in [0.4, 0.5) is 0 Å². The Morgan fingerprint density at radius 1 is 1.07 bits per heavy atom. The van der Waals surface area contributed by atoms with Crippen molar-refractivity contribution in [2.75, 3.05) is 20.8 Å². The van der Waals surface area contributed by atoms with Gasteiger partial charge in [-0.05, 0) is 29.8 Å². The largest absolute Gasteiger partial charge is 0.497 e. The summed E-state index contributed by atoms with van der Waals surface area (Å²) in [7, 11) is 5.08. The molecule has 7 heteroatoms. The number of imidazole rings is 1. The highest BCUT2D eigenvalue weighted by Crippen LogP contribution is 2.23. The first-order valence-corrected chi connectivity index (χ1v) is 8.78. The maximum atomic E-state index is 12.6. The SMILES string of the molecule is COc1ccc(C(NC(=O)COc2cccc(OC)c2)c2nccn2C)cc1. The zero-order valence-corrected chi connectivity index (χ0v) is 16.1. The van der Waals surface area contributed by atoms with Gasteiger partial charge in [-0.1, -0.05) is 18.2 Å². The highest BCUT2D eigenvalue weighted by molar-refractivity contribution is 5.78. The summed E-state index contributed by atoms with van der Waals surface area (Å²) in [5.74, 6) is 2.44. The molecule has 0 aliphatic heterocycles. The van der Waals surface area contributed by atoms with Crippen LogP contribution in [0.3, 0.4) is 0 Å². The predicted molar refractivity (Wildman–Crippen MR) is 105 cm³/mol. The molecule has 1 atom stereocenters. The van der Waals surface area contributed by atoms with Crippen molar-refractivity contribution in [1.82, 2.24) is 14.9 Å². The van der Waals surface area contributed by atoms with E-state index in [1.54, 1.807) is 38.6 Å². The van der Waals surface area contributed by atoms with Crippen LogP contribution in [0.2, 0.25) is 0 Å². The number of amides is 1. The summed E-state index contributed by atoms with van der Waals surface area (Å²) in [6, 6.07) is 14.2. The average molecular weight is 381 g/mol. The van der Waals surface area contributed by atoms with Crippen molar-refractivity contribution in [2.24, 2.45) is 7.05 Å². The van der Waals surface area contributed by atoms with Gasteiger partial charge >= 0.3 is 0 Å². The second kappa shape index (κ2) is 8.94. The van der Waals surface area contributed by atoms with Gasteiger partial charge in [0.15, 0.2) is 6.61 Å². The average Bonchev–Trinajstić information content (AvgIpc) is 3.16. The molecule has 3 rings (SSSR count). The number of ether oxygens (including phenoxy) is 3. The molecule has 1 aromatic heterocycles. The van der Waals surface area contributed by atoms with Gasteiger partial charge in [0.25, 0.3) is 5.91 Å². The Morgan fingerprint density at radius 2 is 1.79 bits per heavy atom. The number of rotatable bonds is 8. The number of aryl methyl sites for hydroxylation is 1. The molecule has 3 aromatic rings. The van der Waals surface area contributed by atoms with E-state index in [2.05, 4.69) is 10.3 Å². The Hall–Kier alpha value is -3.48. The summed E-state index contributed by atoms with van der Waals surface area (Å²) in [6.45, 7) is -0.121. The predicted octanol–water partition coefficient (Wildman–Crippen LogP) is 2.72. The number of carbonyl (C=O) groups is 1. The summed E-state index contributed by atoms with van der Waals surface area (Å²) < 4.78 is 17.8. The molecular weight excluding hydrogens is 358 g/mol. The Kier molecular flexibility index (Phi) is 6.16.